The molecule has 1 heterocycles. The highest BCUT2D eigenvalue weighted by atomic mass is 32.2. The number of anilines is 1. The van der Waals surface area contributed by atoms with Gasteiger partial charge in [-0.1, -0.05) is 19.8 Å². The van der Waals surface area contributed by atoms with E-state index in [9.17, 15) is 10.1 Å². The number of rotatable bonds is 6. The van der Waals surface area contributed by atoms with Crippen LogP contribution in [0, 0.1) is 10.1 Å². The van der Waals surface area contributed by atoms with E-state index in [2.05, 4.69) is 11.9 Å². The Hall–Kier alpha value is -1.30. The van der Waals surface area contributed by atoms with Crippen LogP contribution < -0.4 is 5.73 Å². The quantitative estimate of drug-likeness (QED) is 0.358. The van der Waals surface area contributed by atoms with Gasteiger partial charge in [0.2, 0.25) is 0 Å². The molecule has 0 aliphatic rings. The summed E-state index contributed by atoms with van der Waals surface area (Å²) in [5.74, 6) is 0.861. The highest BCUT2D eigenvalue weighted by Gasteiger charge is 2.18. The number of pyridine rings is 1. The van der Waals surface area contributed by atoms with E-state index in [0.29, 0.717) is 4.90 Å². The summed E-state index contributed by atoms with van der Waals surface area (Å²) in [5, 5.41) is 10.8. The zero-order valence-electron chi connectivity index (χ0n) is 9.18. The predicted molar refractivity (Wildman–Crippen MR) is 65.6 cm³/mol. The van der Waals surface area contributed by atoms with E-state index in [4.69, 9.17) is 5.73 Å². The van der Waals surface area contributed by atoms with Crippen LogP contribution in [-0.2, 0) is 0 Å². The van der Waals surface area contributed by atoms with Crippen molar-refractivity contribution in [3.05, 3.63) is 22.5 Å². The van der Waals surface area contributed by atoms with E-state index in [1.807, 2.05) is 0 Å². The van der Waals surface area contributed by atoms with Gasteiger partial charge in [0.05, 0.1) is 11.1 Å². The Labute approximate surface area is 98.6 Å². The molecule has 0 unspecified atom stereocenters. The summed E-state index contributed by atoms with van der Waals surface area (Å²) in [6, 6.07) is 0. The van der Waals surface area contributed by atoms with Gasteiger partial charge in [0.1, 0.15) is 10.6 Å². The average Bonchev–Trinajstić information content (AvgIpc) is 2.24. The Bertz CT molecular complexity index is 371. The van der Waals surface area contributed by atoms with E-state index in [0.717, 1.165) is 25.0 Å². The van der Waals surface area contributed by atoms with Crippen LogP contribution in [0.15, 0.2) is 17.3 Å². The van der Waals surface area contributed by atoms with Crippen molar-refractivity contribution < 1.29 is 4.92 Å². The smallest absolute Gasteiger partial charge is 0.308 e. The Kier molecular flexibility index (Phi) is 5.04. The molecule has 0 aromatic carbocycles. The lowest BCUT2D eigenvalue weighted by Crippen LogP contribution is -1.98. The van der Waals surface area contributed by atoms with Crippen molar-refractivity contribution in [2.75, 3.05) is 11.5 Å². The van der Waals surface area contributed by atoms with Gasteiger partial charge in [0.25, 0.3) is 0 Å². The SMILES string of the molecule is CCCCCSc1cncc(N)c1[N+](=O)[O-]. The first-order valence-corrected chi connectivity index (χ1v) is 6.16. The van der Waals surface area contributed by atoms with Crippen molar-refractivity contribution in [2.45, 2.75) is 31.1 Å². The highest BCUT2D eigenvalue weighted by Crippen LogP contribution is 2.33. The third kappa shape index (κ3) is 3.37. The Morgan fingerprint density at radius 3 is 2.88 bits per heavy atom. The maximum Gasteiger partial charge on any atom is 0.308 e. The molecule has 0 aliphatic carbocycles. The van der Waals surface area contributed by atoms with E-state index in [-0.39, 0.29) is 11.4 Å². The molecular weight excluding hydrogens is 226 g/mol. The molecule has 0 atom stereocenters. The second-order valence-electron chi connectivity index (χ2n) is 3.39. The minimum absolute atomic E-state index is 0.0171. The zero-order valence-corrected chi connectivity index (χ0v) is 10.00. The molecule has 5 nitrogen and oxygen atoms in total. The normalized spacial score (nSPS) is 10.3. The van der Waals surface area contributed by atoms with Crippen LogP contribution in [-0.4, -0.2) is 15.7 Å². The van der Waals surface area contributed by atoms with Gasteiger partial charge < -0.3 is 5.73 Å². The van der Waals surface area contributed by atoms with Gasteiger partial charge in [-0.05, 0) is 12.2 Å². The van der Waals surface area contributed by atoms with E-state index in [1.54, 1.807) is 0 Å². The van der Waals surface area contributed by atoms with Gasteiger partial charge in [-0.15, -0.1) is 11.8 Å². The van der Waals surface area contributed by atoms with Gasteiger partial charge in [0.15, 0.2) is 0 Å². The van der Waals surface area contributed by atoms with E-state index >= 15 is 0 Å². The van der Waals surface area contributed by atoms with Gasteiger partial charge in [0, 0.05) is 6.20 Å². The molecule has 0 amide bonds. The van der Waals surface area contributed by atoms with Crippen LogP contribution in [0.25, 0.3) is 0 Å². The first-order valence-electron chi connectivity index (χ1n) is 5.17. The number of aromatic nitrogens is 1. The van der Waals surface area contributed by atoms with Gasteiger partial charge in [-0.25, -0.2) is 0 Å². The number of hydrogen-bond donors (Lipinski definition) is 1. The molecule has 88 valence electrons. The van der Waals surface area contributed by atoms with Crippen LogP contribution in [0.3, 0.4) is 0 Å². The molecule has 1 aromatic heterocycles. The molecule has 1 aromatic rings. The standard InChI is InChI=1S/C10H15N3O2S/c1-2-3-4-5-16-9-7-12-6-8(11)10(9)13(14)15/h6-7H,2-5,11H2,1H3. The summed E-state index contributed by atoms with van der Waals surface area (Å²) in [4.78, 5) is 14.8. The minimum Gasteiger partial charge on any atom is -0.392 e. The lowest BCUT2D eigenvalue weighted by Gasteiger charge is -2.03. The fourth-order valence-corrected chi connectivity index (χ4v) is 2.32. The minimum atomic E-state index is -0.445. The average molecular weight is 241 g/mol. The molecule has 2 N–H and O–H groups in total. The topological polar surface area (TPSA) is 82.0 Å². The van der Waals surface area contributed by atoms with Gasteiger partial charge >= 0.3 is 5.69 Å². The van der Waals surface area contributed by atoms with Crippen molar-refractivity contribution in [3.8, 4) is 0 Å². The molecule has 6 heteroatoms. The number of unbranched alkanes of at least 4 members (excludes halogenated alkanes) is 2. The molecular formula is C10H15N3O2S. The summed E-state index contributed by atoms with van der Waals surface area (Å²) < 4.78 is 0. The van der Waals surface area contributed by atoms with Gasteiger partial charge in [-0.2, -0.15) is 0 Å². The number of nitro groups is 1. The highest BCUT2D eigenvalue weighted by molar-refractivity contribution is 7.99. The Morgan fingerprint density at radius 1 is 1.50 bits per heavy atom. The first kappa shape index (κ1) is 12.8. The second kappa shape index (κ2) is 6.32. The van der Waals surface area contributed by atoms with E-state index in [1.165, 1.54) is 24.2 Å². The van der Waals surface area contributed by atoms with Crippen molar-refractivity contribution in [1.29, 1.82) is 0 Å². The third-order valence-electron chi connectivity index (χ3n) is 2.10. The lowest BCUT2D eigenvalue weighted by molar-refractivity contribution is -0.386. The Morgan fingerprint density at radius 2 is 2.25 bits per heavy atom. The molecule has 0 spiro atoms. The van der Waals surface area contributed by atoms with Crippen molar-refractivity contribution in [1.82, 2.24) is 4.98 Å². The molecule has 0 aliphatic heterocycles. The summed E-state index contributed by atoms with van der Waals surface area (Å²) in [6.45, 7) is 2.12. The van der Waals surface area contributed by atoms with Crippen molar-refractivity contribution in [3.63, 3.8) is 0 Å². The maximum absolute atomic E-state index is 10.8. The number of nitrogens with zero attached hydrogens (tertiary/aromatic N) is 2. The van der Waals surface area contributed by atoms with Crippen LogP contribution >= 0.6 is 11.8 Å². The fourth-order valence-electron chi connectivity index (χ4n) is 1.29. The molecule has 0 radical (unpaired) electrons. The monoisotopic (exact) mass is 241 g/mol. The van der Waals surface area contributed by atoms with Crippen LogP contribution in [0.1, 0.15) is 26.2 Å². The molecule has 0 saturated heterocycles. The summed E-state index contributed by atoms with van der Waals surface area (Å²) in [6.07, 6.45) is 6.14. The lowest BCUT2D eigenvalue weighted by atomic mass is 10.3. The predicted octanol–water partition coefficient (Wildman–Crippen LogP) is 2.85. The molecule has 0 fully saturated rings. The third-order valence-corrected chi connectivity index (χ3v) is 3.20. The molecule has 0 saturated carbocycles. The molecule has 0 bridgehead atoms. The van der Waals surface area contributed by atoms with Crippen LogP contribution in [0.5, 0.6) is 0 Å². The molecule has 16 heavy (non-hydrogen) atoms. The molecule has 1 rings (SSSR count). The summed E-state index contributed by atoms with van der Waals surface area (Å²) >= 11 is 1.45. The largest absolute Gasteiger partial charge is 0.392 e. The first-order chi connectivity index (χ1) is 7.66. The second-order valence-corrected chi connectivity index (χ2v) is 4.52. The zero-order chi connectivity index (χ0) is 12.0. The summed E-state index contributed by atoms with van der Waals surface area (Å²) in [5.41, 5.74) is 5.65. The number of nitrogen functional groups attached to an aromatic ring is 1. The number of nitrogens with two attached hydrogens (primary N) is 1. The summed E-state index contributed by atoms with van der Waals surface area (Å²) in [7, 11) is 0. The number of hydrogen-bond acceptors (Lipinski definition) is 5. The van der Waals surface area contributed by atoms with Gasteiger partial charge in [-0.3, -0.25) is 15.1 Å². The van der Waals surface area contributed by atoms with Crippen LogP contribution in [0.4, 0.5) is 11.4 Å². The van der Waals surface area contributed by atoms with Crippen LogP contribution in [0.2, 0.25) is 0 Å². The van der Waals surface area contributed by atoms with E-state index < -0.39 is 4.92 Å². The fraction of sp³-hybridized carbons (Fsp3) is 0.500. The number of thioether (sulfide) groups is 1. The van der Waals surface area contributed by atoms with Crippen molar-refractivity contribution >= 4 is 23.1 Å². The van der Waals surface area contributed by atoms with Crippen molar-refractivity contribution in [2.24, 2.45) is 0 Å². The maximum atomic E-state index is 10.8. The Balaban J connectivity index is 2.71.